The summed E-state index contributed by atoms with van der Waals surface area (Å²) in [6.45, 7) is 0.516. The summed E-state index contributed by atoms with van der Waals surface area (Å²) < 4.78 is 5.75. The normalized spacial score (nSPS) is 10.7. The van der Waals surface area contributed by atoms with Gasteiger partial charge in [0.2, 0.25) is 5.91 Å². The van der Waals surface area contributed by atoms with Crippen molar-refractivity contribution in [2.24, 2.45) is 0 Å². The van der Waals surface area contributed by atoms with Gasteiger partial charge in [-0.05, 0) is 47.5 Å². The molecule has 136 valence electrons. The Bertz CT molecular complexity index is 938. The summed E-state index contributed by atoms with van der Waals surface area (Å²) in [4.78, 5) is 12.0. The molecule has 27 heavy (non-hydrogen) atoms. The number of hydrogen-bond acceptors (Lipinski definition) is 2. The fraction of sp³-hybridized carbons (Fsp3) is 0.0455. The molecule has 0 saturated carbocycles. The molecule has 3 aromatic carbocycles. The van der Waals surface area contributed by atoms with E-state index in [0.29, 0.717) is 22.3 Å². The van der Waals surface area contributed by atoms with Crippen molar-refractivity contribution in [1.82, 2.24) is 0 Å². The van der Waals surface area contributed by atoms with Crippen LogP contribution in [0.25, 0.3) is 6.08 Å². The molecule has 5 heteroatoms. The Kier molecular flexibility index (Phi) is 6.53. The van der Waals surface area contributed by atoms with E-state index in [9.17, 15) is 4.79 Å². The molecule has 0 saturated heterocycles. The minimum absolute atomic E-state index is 0.252. The van der Waals surface area contributed by atoms with Crippen LogP contribution in [0.3, 0.4) is 0 Å². The Morgan fingerprint density at radius 1 is 0.926 bits per heavy atom. The van der Waals surface area contributed by atoms with E-state index in [1.54, 1.807) is 24.3 Å². The first kappa shape index (κ1) is 19.0. The average molecular weight is 398 g/mol. The number of benzene rings is 3. The predicted molar refractivity (Wildman–Crippen MR) is 111 cm³/mol. The second-order valence-electron chi connectivity index (χ2n) is 5.79. The van der Waals surface area contributed by atoms with E-state index in [1.165, 1.54) is 6.08 Å². The summed E-state index contributed by atoms with van der Waals surface area (Å²) in [7, 11) is 0. The molecule has 0 bridgehead atoms. The van der Waals surface area contributed by atoms with Crippen LogP contribution in [0.15, 0.2) is 78.9 Å². The number of halogens is 2. The molecule has 3 nitrogen and oxygen atoms in total. The van der Waals surface area contributed by atoms with Crippen LogP contribution in [0.2, 0.25) is 10.0 Å². The molecule has 0 unspecified atom stereocenters. The van der Waals surface area contributed by atoms with Gasteiger partial charge in [0.05, 0.1) is 10.0 Å². The van der Waals surface area contributed by atoms with Crippen molar-refractivity contribution >= 4 is 40.9 Å². The third-order valence-electron chi connectivity index (χ3n) is 3.74. The average Bonchev–Trinajstić information content (AvgIpc) is 2.69. The van der Waals surface area contributed by atoms with Crippen LogP contribution < -0.4 is 10.1 Å². The zero-order valence-electron chi connectivity index (χ0n) is 14.4. The molecule has 0 spiro atoms. The second-order valence-corrected chi connectivity index (χ2v) is 6.61. The van der Waals surface area contributed by atoms with E-state index in [2.05, 4.69) is 5.32 Å². The maximum Gasteiger partial charge on any atom is 0.248 e. The van der Waals surface area contributed by atoms with Crippen LogP contribution in [-0.2, 0) is 11.4 Å². The largest absolute Gasteiger partial charge is 0.489 e. The standard InChI is InChI=1S/C22H17Cl2NO2/c23-20-12-9-18(14-21(20)24)25-22(26)13-8-16-6-10-19(11-7-16)27-15-17-4-2-1-3-5-17/h1-14H,15H2,(H,25,26)/b13-8+. The van der Waals surface area contributed by atoms with Crippen LogP contribution in [0.5, 0.6) is 5.75 Å². The zero-order valence-corrected chi connectivity index (χ0v) is 15.9. The Hall–Kier alpha value is -2.75. The van der Waals surface area contributed by atoms with Crippen molar-refractivity contribution in [2.75, 3.05) is 5.32 Å². The van der Waals surface area contributed by atoms with Gasteiger partial charge in [-0.3, -0.25) is 4.79 Å². The van der Waals surface area contributed by atoms with Crippen LogP contribution in [0.4, 0.5) is 5.69 Å². The van der Waals surface area contributed by atoms with Gasteiger partial charge in [0.1, 0.15) is 12.4 Å². The summed E-state index contributed by atoms with van der Waals surface area (Å²) in [6.07, 6.45) is 3.19. The van der Waals surface area contributed by atoms with Crippen molar-refractivity contribution in [1.29, 1.82) is 0 Å². The smallest absolute Gasteiger partial charge is 0.248 e. The number of ether oxygens (including phenoxy) is 1. The minimum atomic E-state index is -0.252. The predicted octanol–water partition coefficient (Wildman–Crippen LogP) is 6.22. The van der Waals surface area contributed by atoms with Gasteiger partial charge in [-0.15, -0.1) is 0 Å². The van der Waals surface area contributed by atoms with Gasteiger partial charge in [0, 0.05) is 11.8 Å². The fourth-order valence-electron chi connectivity index (χ4n) is 2.35. The zero-order chi connectivity index (χ0) is 19.1. The molecular weight excluding hydrogens is 381 g/mol. The molecule has 1 N–H and O–H groups in total. The van der Waals surface area contributed by atoms with Gasteiger partial charge in [-0.25, -0.2) is 0 Å². The van der Waals surface area contributed by atoms with Crippen LogP contribution in [0, 0.1) is 0 Å². The Labute approximate surface area is 168 Å². The number of carbonyl (C=O) groups excluding carboxylic acids is 1. The molecule has 0 aliphatic heterocycles. The van der Waals surface area contributed by atoms with Gasteiger partial charge < -0.3 is 10.1 Å². The molecule has 3 aromatic rings. The number of rotatable bonds is 6. The van der Waals surface area contributed by atoms with Crippen molar-refractivity contribution in [2.45, 2.75) is 6.61 Å². The van der Waals surface area contributed by atoms with Crippen molar-refractivity contribution in [3.8, 4) is 5.75 Å². The lowest BCUT2D eigenvalue weighted by atomic mass is 10.2. The molecule has 0 aliphatic rings. The third-order valence-corrected chi connectivity index (χ3v) is 4.48. The molecule has 0 radical (unpaired) electrons. The van der Waals surface area contributed by atoms with E-state index in [4.69, 9.17) is 27.9 Å². The maximum atomic E-state index is 12.0. The number of carbonyl (C=O) groups is 1. The number of nitrogens with one attached hydrogen (secondary N) is 1. The van der Waals surface area contributed by atoms with Crippen LogP contribution >= 0.6 is 23.2 Å². The highest BCUT2D eigenvalue weighted by atomic mass is 35.5. The molecule has 0 fully saturated rings. The molecule has 0 atom stereocenters. The van der Waals surface area contributed by atoms with Crippen molar-refractivity contribution in [3.05, 3.63) is 100 Å². The summed E-state index contributed by atoms with van der Waals surface area (Å²) in [6, 6.07) is 22.4. The van der Waals surface area contributed by atoms with E-state index in [0.717, 1.165) is 16.9 Å². The number of hydrogen-bond donors (Lipinski definition) is 1. The Balaban J connectivity index is 1.53. The summed E-state index contributed by atoms with van der Waals surface area (Å²) in [5, 5.41) is 3.57. The molecular formula is C22H17Cl2NO2. The number of anilines is 1. The Morgan fingerprint density at radius 3 is 2.37 bits per heavy atom. The monoisotopic (exact) mass is 397 g/mol. The Morgan fingerprint density at radius 2 is 1.67 bits per heavy atom. The third kappa shape index (κ3) is 5.88. The topological polar surface area (TPSA) is 38.3 Å². The summed E-state index contributed by atoms with van der Waals surface area (Å²) >= 11 is 11.8. The summed E-state index contributed by atoms with van der Waals surface area (Å²) in [5.74, 6) is 0.522. The van der Waals surface area contributed by atoms with Gasteiger partial charge in [-0.1, -0.05) is 65.7 Å². The quantitative estimate of drug-likeness (QED) is 0.501. The van der Waals surface area contributed by atoms with E-state index < -0.39 is 0 Å². The highest BCUT2D eigenvalue weighted by Crippen LogP contribution is 2.25. The lowest BCUT2D eigenvalue weighted by molar-refractivity contribution is -0.111. The van der Waals surface area contributed by atoms with Gasteiger partial charge in [-0.2, -0.15) is 0 Å². The lowest BCUT2D eigenvalue weighted by Gasteiger charge is -2.06. The highest BCUT2D eigenvalue weighted by molar-refractivity contribution is 6.42. The number of amides is 1. The first-order valence-electron chi connectivity index (χ1n) is 8.31. The first-order chi connectivity index (χ1) is 13.1. The molecule has 1 amide bonds. The van der Waals surface area contributed by atoms with Gasteiger partial charge >= 0.3 is 0 Å². The highest BCUT2D eigenvalue weighted by Gasteiger charge is 2.02. The van der Waals surface area contributed by atoms with Gasteiger partial charge in [0.25, 0.3) is 0 Å². The van der Waals surface area contributed by atoms with Gasteiger partial charge in [0.15, 0.2) is 0 Å². The minimum Gasteiger partial charge on any atom is -0.489 e. The lowest BCUT2D eigenvalue weighted by Crippen LogP contribution is -2.07. The first-order valence-corrected chi connectivity index (χ1v) is 9.07. The van der Waals surface area contributed by atoms with E-state index >= 15 is 0 Å². The molecule has 0 aliphatic carbocycles. The maximum absolute atomic E-state index is 12.0. The van der Waals surface area contributed by atoms with E-state index in [-0.39, 0.29) is 5.91 Å². The second kappa shape index (κ2) is 9.26. The molecule has 3 rings (SSSR count). The van der Waals surface area contributed by atoms with Crippen molar-refractivity contribution < 1.29 is 9.53 Å². The molecule has 0 aromatic heterocycles. The van der Waals surface area contributed by atoms with E-state index in [1.807, 2.05) is 54.6 Å². The fourth-order valence-corrected chi connectivity index (χ4v) is 2.64. The van der Waals surface area contributed by atoms with Crippen molar-refractivity contribution in [3.63, 3.8) is 0 Å². The molecule has 0 heterocycles. The summed E-state index contributed by atoms with van der Waals surface area (Å²) in [5.41, 5.74) is 2.59. The SMILES string of the molecule is O=C(/C=C/c1ccc(OCc2ccccc2)cc1)Nc1ccc(Cl)c(Cl)c1. The van der Waals surface area contributed by atoms with Crippen LogP contribution in [-0.4, -0.2) is 5.91 Å². The van der Waals surface area contributed by atoms with Crippen LogP contribution in [0.1, 0.15) is 11.1 Å².